The van der Waals surface area contributed by atoms with Crippen LogP contribution in [0.3, 0.4) is 0 Å². The van der Waals surface area contributed by atoms with Crippen molar-refractivity contribution in [3.63, 3.8) is 0 Å². The van der Waals surface area contributed by atoms with E-state index in [9.17, 15) is 14.7 Å². The van der Waals surface area contributed by atoms with Crippen LogP contribution in [0.4, 0.5) is 0 Å². The maximum Gasteiger partial charge on any atom is 0.338 e. The molecule has 132 valence electrons. The first-order valence-corrected chi connectivity index (χ1v) is 7.79. The largest absolute Gasteiger partial charge is 0.494 e. The summed E-state index contributed by atoms with van der Waals surface area (Å²) in [5, 5.41) is 17.8. The second kappa shape index (κ2) is 6.34. The Kier molecular flexibility index (Phi) is 4.22. The van der Waals surface area contributed by atoms with Gasteiger partial charge in [0.25, 0.3) is 5.56 Å². The zero-order valence-corrected chi connectivity index (χ0v) is 13.6. The van der Waals surface area contributed by atoms with Gasteiger partial charge in [0.2, 0.25) is 12.7 Å². The summed E-state index contributed by atoms with van der Waals surface area (Å²) in [7, 11) is 0. The molecule has 4 N–H and O–H groups in total. The molecule has 0 saturated carbocycles. The van der Waals surface area contributed by atoms with E-state index in [0.29, 0.717) is 17.9 Å². The minimum atomic E-state index is -0.860. The molecule has 25 heavy (non-hydrogen) atoms. The smallest absolute Gasteiger partial charge is 0.338 e. The molecule has 9 heteroatoms. The number of nitrogens with one attached hydrogen (secondary N) is 1. The summed E-state index contributed by atoms with van der Waals surface area (Å²) in [4.78, 5) is 25.4. The summed E-state index contributed by atoms with van der Waals surface area (Å²) >= 11 is 0. The van der Waals surface area contributed by atoms with E-state index < -0.39 is 28.5 Å². The number of amidine groups is 1. The van der Waals surface area contributed by atoms with Crippen LogP contribution in [0, 0.1) is 5.41 Å². The van der Waals surface area contributed by atoms with E-state index >= 15 is 0 Å². The van der Waals surface area contributed by atoms with Crippen molar-refractivity contribution < 1.29 is 14.6 Å². The molecule has 0 atom stereocenters. The highest BCUT2D eigenvalue weighted by Crippen LogP contribution is 2.33. The normalized spacial score (nSPS) is 12.4. The molecule has 0 bridgehead atoms. The van der Waals surface area contributed by atoms with Crippen LogP contribution in [0.25, 0.3) is 5.69 Å². The summed E-state index contributed by atoms with van der Waals surface area (Å²) in [6.07, 6.45) is 1.40. The predicted octanol–water partition coefficient (Wildman–Crippen LogP) is 0.518. The monoisotopic (exact) mass is 346 g/mol. The summed E-state index contributed by atoms with van der Waals surface area (Å²) in [6.45, 7) is 2.19. The van der Waals surface area contributed by atoms with Crippen molar-refractivity contribution in [1.82, 2.24) is 9.13 Å². The number of aromatic nitrogens is 2. The summed E-state index contributed by atoms with van der Waals surface area (Å²) < 4.78 is 12.4. The Hall–Kier alpha value is -3.23. The van der Waals surface area contributed by atoms with Crippen molar-refractivity contribution in [2.75, 3.05) is 6.79 Å². The van der Waals surface area contributed by atoms with Gasteiger partial charge in [-0.3, -0.25) is 14.8 Å². The van der Waals surface area contributed by atoms with E-state index in [4.69, 9.17) is 20.6 Å². The third kappa shape index (κ3) is 2.73. The third-order valence-corrected chi connectivity index (χ3v) is 3.94. The SMILES string of the molecule is CCCCn1c(O)c(C(=N)N)c(=O)n(-c2ccc3c(c2)OCO3)c1=O. The Morgan fingerprint density at radius 2 is 2.04 bits per heavy atom. The van der Waals surface area contributed by atoms with Crippen LogP contribution in [0.2, 0.25) is 0 Å². The van der Waals surface area contributed by atoms with E-state index in [1.54, 1.807) is 6.07 Å². The van der Waals surface area contributed by atoms with Gasteiger partial charge in [0.1, 0.15) is 11.4 Å². The molecule has 0 aliphatic carbocycles. The van der Waals surface area contributed by atoms with Gasteiger partial charge in [-0.25, -0.2) is 9.36 Å². The summed E-state index contributed by atoms with van der Waals surface area (Å²) in [5.41, 5.74) is 3.72. The number of rotatable bonds is 5. The Morgan fingerprint density at radius 1 is 1.32 bits per heavy atom. The van der Waals surface area contributed by atoms with Crippen LogP contribution >= 0.6 is 0 Å². The molecule has 1 aromatic carbocycles. The lowest BCUT2D eigenvalue weighted by Gasteiger charge is -2.15. The van der Waals surface area contributed by atoms with E-state index in [1.165, 1.54) is 12.1 Å². The molecular weight excluding hydrogens is 328 g/mol. The molecule has 1 aliphatic rings. The number of hydrogen-bond acceptors (Lipinski definition) is 6. The Labute approximate surface area is 142 Å². The minimum absolute atomic E-state index is 0.0582. The Bertz CT molecular complexity index is 960. The molecule has 0 saturated heterocycles. The number of benzene rings is 1. The number of nitrogen functional groups attached to an aromatic ring is 1. The summed E-state index contributed by atoms with van der Waals surface area (Å²) in [5.74, 6) is -0.287. The van der Waals surface area contributed by atoms with Gasteiger partial charge in [0, 0.05) is 12.6 Å². The summed E-state index contributed by atoms with van der Waals surface area (Å²) in [6, 6.07) is 4.61. The Balaban J connectivity index is 2.28. The van der Waals surface area contributed by atoms with Crippen LogP contribution in [0.5, 0.6) is 17.4 Å². The lowest BCUT2D eigenvalue weighted by molar-refractivity contribution is 0.174. The average Bonchev–Trinajstić information content (AvgIpc) is 3.02. The molecule has 2 heterocycles. The number of aromatic hydroxyl groups is 1. The molecule has 9 nitrogen and oxygen atoms in total. The van der Waals surface area contributed by atoms with Crippen LogP contribution in [0.15, 0.2) is 27.8 Å². The fourth-order valence-corrected chi connectivity index (χ4v) is 2.65. The molecule has 0 radical (unpaired) electrons. The fraction of sp³-hybridized carbons (Fsp3) is 0.312. The molecular formula is C16H18N4O5. The van der Waals surface area contributed by atoms with Crippen molar-refractivity contribution >= 4 is 5.84 Å². The van der Waals surface area contributed by atoms with Crippen LogP contribution in [-0.4, -0.2) is 26.9 Å². The number of ether oxygens (including phenoxy) is 2. The van der Waals surface area contributed by atoms with Crippen molar-refractivity contribution in [3.05, 3.63) is 44.6 Å². The highest BCUT2D eigenvalue weighted by molar-refractivity contribution is 5.96. The van der Waals surface area contributed by atoms with E-state index in [0.717, 1.165) is 15.6 Å². The topological polar surface area (TPSA) is 133 Å². The zero-order chi connectivity index (χ0) is 18.1. The van der Waals surface area contributed by atoms with Gasteiger partial charge in [-0.15, -0.1) is 0 Å². The lowest BCUT2D eigenvalue weighted by atomic mass is 10.2. The first-order valence-electron chi connectivity index (χ1n) is 7.79. The van der Waals surface area contributed by atoms with Crippen molar-refractivity contribution in [1.29, 1.82) is 5.41 Å². The van der Waals surface area contributed by atoms with Crippen LogP contribution < -0.4 is 26.5 Å². The second-order valence-electron chi connectivity index (χ2n) is 5.58. The maximum absolute atomic E-state index is 12.8. The van der Waals surface area contributed by atoms with E-state index in [-0.39, 0.29) is 19.0 Å². The van der Waals surface area contributed by atoms with Crippen molar-refractivity contribution in [3.8, 4) is 23.1 Å². The number of nitrogens with two attached hydrogens (primary N) is 1. The second-order valence-corrected chi connectivity index (χ2v) is 5.58. The molecule has 0 fully saturated rings. The van der Waals surface area contributed by atoms with Crippen LogP contribution in [0.1, 0.15) is 25.3 Å². The minimum Gasteiger partial charge on any atom is -0.494 e. The molecule has 3 rings (SSSR count). The predicted molar refractivity (Wildman–Crippen MR) is 90.0 cm³/mol. The Morgan fingerprint density at radius 3 is 2.72 bits per heavy atom. The number of hydrogen-bond donors (Lipinski definition) is 3. The standard InChI is InChI=1S/C16H18N4O5/c1-2-3-6-19-14(21)12(13(17)18)15(22)20(16(19)23)9-4-5-10-11(7-9)25-8-24-10/h4-5,7,21H,2-3,6,8H2,1H3,(H3,17,18). The maximum atomic E-state index is 12.8. The van der Waals surface area contributed by atoms with Gasteiger partial charge in [-0.05, 0) is 18.6 Å². The van der Waals surface area contributed by atoms with E-state index in [2.05, 4.69) is 0 Å². The number of nitrogens with zero attached hydrogens (tertiary/aromatic N) is 2. The molecule has 0 amide bonds. The quantitative estimate of drug-likeness (QED) is 0.534. The molecule has 0 unspecified atom stereocenters. The van der Waals surface area contributed by atoms with Crippen LogP contribution in [-0.2, 0) is 6.54 Å². The van der Waals surface area contributed by atoms with Crippen molar-refractivity contribution in [2.24, 2.45) is 5.73 Å². The fourth-order valence-electron chi connectivity index (χ4n) is 2.65. The molecule has 0 spiro atoms. The van der Waals surface area contributed by atoms with Gasteiger partial charge in [-0.2, -0.15) is 0 Å². The third-order valence-electron chi connectivity index (χ3n) is 3.94. The van der Waals surface area contributed by atoms with Gasteiger partial charge < -0.3 is 20.3 Å². The van der Waals surface area contributed by atoms with Gasteiger partial charge in [-0.1, -0.05) is 13.3 Å². The van der Waals surface area contributed by atoms with Crippen molar-refractivity contribution in [2.45, 2.75) is 26.3 Å². The van der Waals surface area contributed by atoms with Gasteiger partial charge in [0.15, 0.2) is 11.5 Å². The van der Waals surface area contributed by atoms with E-state index in [1.807, 2.05) is 6.92 Å². The average molecular weight is 346 g/mol. The van der Waals surface area contributed by atoms with Gasteiger partial charge >= 0.3 is 5.69 Å². The highest BCUT2D eigenvalue weighted by atomic mass is 16.7. The first-order chi connectivity index (χ1) is 12.0. The zero-order valence-electron chi connectivity index (χ0n) is 13.6. The highest BCUT2D eigenvalue weighted by Gasteiger charge is 2.23. The first kappa shape index (κ1) is 16.6. The molecule has 2 aromatic rings. The lowest BCUT2D eigenvalue weighted by Crippen LogP contribution is -2.42. The molecule has 1 aromatic heterocycles. The number of unbranched alkanes of at least 4 members (excludes halogenated alkanes) is 1. The van der Waals surface area contributed by atoms with Gasteiger partial charge in [0.05, 0.1) is 5.69 Å². The number of fused-ring (bicyclic) bond motifs is 1. The molecule has 1 aliphatic heterocycles.